The average molecular weight is 200 g/mol. The molecular weight excluding hydrogens is 176 g/mol. The van der Waals surface area contributed by atoms with Crippen LogP contribution in [-0.2, 0) is 0 Å². The van der Waals surface area contributed by atoms with Crippen LogP contribution >= 0.6 is 0 Å². The molecular formula is C12H24O2. The summed E-state index contributed by atoms with van der Waals surface area (Å²) in [6.07, 6.45) is 10.9. The van der Waals surface area contributed by atoms with Crippen LogP contribution in [0.2, 0.25) is 0 Å². The summed E-state index contributed by atoms with van der Waals surface area (Å²) in [4.78, 5) is 0. The van der Waals surface area contributed by atoms with Crippen LogP contribution in [0.5, 0.6) is 0 Å². The Kier molecular flexibility index (Phi) is 10.5. The minimum Gasteiger partial charge on any atom is -0.396 e. The Morgan fingerprint density at radius 1 is 1.07 bits per heavy atom. The van der Waals surface area contributed by atoms with Crippen molar-refractivity contribution in [3.8, 4) is 0 Å². The van der Waals surface area contributed by atoms with Crippen molar-refractivity contribution in [1.29, 1.82) is 0 Å². The number of hydrogen-bond donors (Lipinski definition) is 2. The normalized spacial score (nSPS) is 13.6. The lowest BCUT2D eigenvalue weighted by atomic mass is 10.1. The van der Waals surface area contributed by atoms with Gasteiger partial charge in [0.1, 0.15) is 0 Å². The van der Waals surface area contributed by atoms with Gasteiger partial charge in [-0.15, -0.1) is 0 Å². The Morgan fingerprint density at radius 3 is 2.43 bits per heavy atom. The molecule has 14 heavy (non-hydrogen) atoms. The number of allylic oxidation sites excluding steroid dienone is 1. The highest BCUT2D eigenvalue weighted by Crippen LogP contribution is 2.08. The molecule has 1 unspecified atom stereocenters. The first-order valence-electron chi connectivity index (χ1n) is 5.75. The van der Waals surface area contributed by atoms with Crippen LogP contribution in [0.3, 0.4) is 0 Å². The van der Waals surface area contributed by atoms with E-state index in [1.807, 2.05) is 12.2 Å². The van der Waals surface area contributed by atoms with Crippen molar-refractivity contribution in [2.45, 2.75) is 58.0 Å². The van der Waals surface area contributed by atoms with E-state index >= 15 is 0 Å². The fraction of sp³-hybridized carbons (Fsp3) is 0.833. The molecule has 0 aliphatic carbocycles. The Morgan fingerprint density at radius 2 is 1.79 bits per heavy atom. The molecule has 0 rings (SSSR count). The number of aliphatic hydroxyl groups is 2. The summed E-state index contributed by atoms with van der Waals surface area (Å²) in [5.41, 5.74) is 0. The third-order valence-corrected chi connectivity index (χ3v) is 2.27. The van der Waals surface area contributed by atoms with Crippen molar-refractivity contribution < 1.29 is 10.2 Å². The fourth-order valence-electron chi connectivity index (χ4n) is 1.37. The lowest BCUT2D eigenvalue weighted by Gasteiger charge is -2.07. The van der Waals surface area contributed by atoms with Crippen molar-refractivity contribution in [3.63, 3.8) is 0 Å². The molecule has 0 spiro atoms. The molecule has 0 radical (unpaired) electrons. The van der Waals surface area contributed by atoms with E-state index in [2.05, 4.69) is 6.92 Å². The molecule has 0 heterocycles. The second kappa shape index (κ2) is 10.7. The van der Waals surface area contributed by atoms with Crippen LogP contribution in [0.4, 0.5) is 0 Å². The van der Waals surface area contributed by atoms with Gasteiger partial charge in [0, 0.05) is 6.61 Å². The van der Waals surface area contributed by atoms with Crippen molar-refractivity contribution in [2.75, 3.05) is 6.61 Å². The van der Waals surface area contributed by atoms with Gasteiger partial charge >= 0.3 is 0 Å². The Balaban J connectivity index is 3.21. The predicted octanol–water partition coefficient (Wildman–Crippen LogP) is 2.65. The van der Waals surface area contributed by atoms with Gasteiger partial charge in [0.05, 0.1) is 6.10 Å². The smallest absolute Gasteiger partial charge is 0.0543 e. The highest BCUT2D eigenvalue weighted by Gasteiger charge is 2.01. The number of aliphatic hydroxyl groups excluding tert-OH is 2. The maximum Gasteiger partial charge on any atom is 0.0543 e. The standard InChI is InChI=1S/C12H24O2/c1-2-3-6-9-12(14)10-7-4-5-8-11-13/h4-5,12-14H,2-3,6-11H2,1H3. The second-order valence-corrected chi connectivity index (χ2v) is 3.71. The maximum atomic E-state index is 9.55. The van der Waals surface area contributed by atoms with E-state index in [9.17, 15) is 5.11 Å². The highest BCUT2D eigenvalue weighted by atomic mass is 16.3. The molecule has 0 saturated heterocycles. The first kappa shape index (κ1) is 13.7. The highest BCUT2D eigenvalue weighted by molar-refractivity contribution is 4.81. The molecule has 0 bridgehead atoms. The molecule has 0 aliphatic heterocycles. The van der Waals surface area contributed by atoms with Gasteiger partial charge in [-0.25, -0.2) is 0 Å². The molecule has 0 aromatic heterocycles. The zero-order chi connectivity index (χ0) is 10.6. The monoisotopic (exact) mass is 200 g/mol. The van der Waals surface area contributed by atoms with E-state index in [0.29, 0.717) is 0 Å². The molecule has 2 N–H and O–H groups in total. The van der Waals surface area contributed by atoms with E-state index in [-0.39, 0.29) is 12.7 Å². The molecule has 2 nitrogen and oxygen atoms in total. The number of unbranched alkanes of at least 4 members (excludes halogenated alkanes) is 2. The Labute approximate surface area is 87.7 Å². The van der Waals surface area contributed by atoms with Crippen LogP contribution in [0.15, 0.2) is 12.2 Å². The molecule has 0 amide bonds. The first-order chi connectivity index (χ1) is 6.81. The van der Waals surface area contributed by atoms with Gasteiger partial charge in [0.15, 0.2) is 0 Å². The zero-order valence-electron chi connectivity index (χ0n) is 9.28. The van der Waals surface area contributed by atoms with Crippen molar-refractivity contribution in [2.24, 2.45) is 0 Å². The summed E-state index contributed by atoms with van der Waals surface area (Å²) in [5, 5.41) is 18.1. The first-order valence-corrected chi connectivity index (χ1v) is 5.75. The topological polar surface area (TPSA) is 40.5 Å². The lowest BCUT2D eigenvalue weighted by Crippen LogP contribution is -2.05. The van der Waals surface area contributed by atoms with Gasteiger partial charge in [-0.05, 0) is 25.7 Å². The third-order valence-electron chi connectivity index (χ3n) is 2.27. The lowest BCUT2D eigenvalue weighted by molar-refractivity contribution is 0.152. The summed E-state index contributed by atoms with van der Waals surface area (Å²) >= 11 is 0. The molecule has 0 aromatic carbocycles. The van der Waals surface area contributed by atoms with Gasteiger partial charge < -0.3 is 10.2 Å². The maximum absolute atomic E-state index is 9.55. The van der Waals surface area contributed by atoms with Gasteiger partial charge in [-0.1, -0.05) is 38.3 Å². The number of rotatable bonds is 9. The van der Waals surface area contributed by atoms with Crippen LogP contribution < -0.4 is 0 Å². The molecule has 0 fully saturated rings. The minimum absolute atomic E-state index is 0.139. The van der Waals surface area contributed by atoms with Crippen LogP contribution in [0, 0.1) is 0 Å². The zero-order valence-corrected chi connectivity index (χ0v) is 9.28. The predicted molar refractivity (Wildman–Crippen MR) is 60.2 cm³/mol. The molecule has 84 valence electrons. The molecule has 2 heteroatoms. The van der Waals surface area contributed by atoms with Gasteiger partial charge in [0.2, 0.25) is 0 Å². The molecule has 1 atom stereocenters. The Hall–Kier alpha value is -0.340. The summed E-state index contributed by atoms with van der Waals surface area (Å²) in [5.74, 6) is 0. The van der Waals surface area contributed by atoms with Crippen molar-refractivity contribution in [3.05, 3.63) is 12.2 Å². The van der Waals surface area contributed by atoms with Crippen molar-refractivity contribution >= 4 is 0 Å². The third kappa shape index (κ3) is 9.75. The summed E-state index contributed by atoms with van der Waals surface area (Å²) in [7, 11) is 0. The molecule has 0 saturated carbocycles. The summed E-state index contributed by atoms with van der Waals surface area (Å²) in [6, 6.07) is 0. The van der Waals surface area contributed by atoms with E-state index < -0.39 is 0 Å². The molecule has 0 aromatic rings. The fourth-order valence-corrected chi connectivity index (χ4v) is 1.37. The van der Waals surface area contributed by atoms with Crippen molar-refractivity contribution in [1.82, 2.24) is 0 Å². The minimum atomic E-state index is -0.139. The van der Waals surface area contributed by atoms with Gasteiger partial charge in [-0.2, -0.15) is 0 Å². The largest absolute Gasteiger partial charge is 0.396 e. The SMILES string of the molecule is CCCCCC(O)CCC=CCCO. The molecule has 0 aliphatic rings. The number of hydrogen-bond acceptors (Lipinski definition) is 2. The van der Waals surface area contributed by atoms with Crippen LogP contribution in [0.1, 0.15) is 51.9 Å². The van der Waals surface area contributed by atoms with Crippen LogP contribution in [0.25, 0.3) is 0 Å². The van der Waals surface area contributed by atoms with E-state index in [0.717, 1.165) is 32.1 Å². The summed E-state index contributed by atoms with van der Waals surface area (Å²) in [6.45, 7) is 2.39. The second-order valence-electron chi connectivity index (χ2n) is 3.71. The summed E-state index contributed by atoms with van der Waals surface area (Å²) < 4.78 is 0. The van der Waals surface area contributed by atoms with Gasteiger partial charge in [-0.3, -0.25) is 0 Å². The Bertz CT molecular complexity index is 132. The van der Waals surface area contributed by atoms with E-state index in [4.69, 9.17) is 5.11 Å². The van der Waals surface area contributed by atoms with E-state index in [1.54, 1.807) is 0 Å². The van der Waals surface area contributed by atoms with E-state index in [1.165, 1.54) is 12.8 Å². The average Bonchev–Trinajstić information content (AvgIpc) is 2.18. The van der Waals surface area contributed by atoms with Crippen LogP contribution in [-0.4, -0.2) is 22.9 Å². The quantitative estimate of drug-likeness (QED) is 0.444. The van der Waals surface area contributed by atoms with Gasteiger partial charge in [0.25, 0.3) is 0 Å².